The van der Waals surface area contributed by atoms with E-state index in [4.69, 9.17) is 23.2 Å². The molecule has 0 radical (unpaired) electrons. The molecule has 100 valence electrons. The summed E-state index contributed by atoms with van der Waals surface area (Å²) in [5.41, 5.74) is 2.60. The lowest BCUT2D eigenvalue weighted by Gasteiger charge is -2.10. The zero-order valence-electron chi connectivity index (χ0n) is 10.5. The standard InChI is InChI=1S/C15H9Cl2FN2/c1-8-14(17)9-6-10(16)11(18)7-13(9)20-15(8)12-4-2-3-5-19-12/h2-7H,1H3. The van der Waals surface area contributed by atoms with Crippen molar-refractivity contribution in [2.45, 2.75) is 6.92 Å². The topological polar surface area (TPSA) is 25.8 Å². The second-order valence-electron chi connectivity index (χ2n) is 4.40. The first-order valence-corrected chi connectivity index (χ1v) is 6.70. The van der Waals surface area contributed by atoms with Crippen LogP contribution in [0.4, 0.5) is 4.39 Å². The molecule has 2 heterocycles. The van der Waals surface area contributed by atoms with Crippen LogP contribution in [0.1, 0.15) is 5.56 Å². The lowest BCUT2D eigenvalue weighted by molar-refractivity contribution is 0.630. The molecule has 0 bridgehead atoms. The summed E-state index contributed by atoms with van der Waals surface area (Å²) in [5, 5.41) is 1.18. The van der Waals surface area contributed by atoms with E-state index in [1.807, 2.05) is 25.1 Å². The van der Waals surface area contributed by atoms with E-state index in [0.29, 0.717) is 27.3 Å². The Morgan fingerprint density at radius 3 is 2.65 bits per heavy atom. The van der Waals surface area contributed by atoms with Gasteiger partial charge in [0.05, 0.1) is 26.9 Å². The van der Waals surface area contributed by atoms with Crippen LogP contribution >= 0.6 is 23.2 Å². The predicted octanol–water partition coefficient (Wildman–Crippen LogP) is 5.05. The summed E-state index contributed by atoms with van der Waals surface area (Å²) in [6, 6.07) is 8.31. The number of hydrogen-bond donors (Lipinski definition) is 0. The van der Waals surface area contributed by atoms with Gasteiger partial charge >= 0.3 is 0 Å². The number of halogens is 3. The summed E-state index contributed by atoms with van der Waals surface area (Å²) in [5.74, 6) is -0.515. The zero-order valence-corrected chi connectivity index (χ0v) is 12.0. The van der Waals surface area contributed by atoms with Crippen LogP contribution in [0.25, 0.3) is 22.3 Å². The smallest absolute Gasteiger partial charge is 0.143 e. The Balaban J connectivity index is 2.36. The van der Waals surface area contributed by atoms with Crippen molar-refractivity contribution >= 4 is 34.1 Å². The van der Waals surface area contributed by atoms with Crippen molar-refractivity contribution in [3.8, 4) is 11.4 Å². The molecular formula is C15H9Cl2FN2. The van der Waals surface area contributed by atoms with Crippen molar-refractivity contribution in [3.05, 3.63) is 58.0 Å². The van der Waals surface area contributed by atoms with Crippen LogP contribution in [-0.4, -0.2) is 9.97 Å². The van der Waals surface area contributed by atoms with E-state index in [1.165, 1.54) is 12.1 Å². The molecule has 0 aliphatic carbocycles. The molecule has 0 saturated carbocycles. The minimum absolute atomic E-state index is 0.0335. The maximum atomic E-state index is 13.6. The van der Waals surface area contributed by atoms with Gasteiger partial charge in [0, 0.05) is 17.6 Å². The summed E-state index contributed by atoms with van der Waals surface area (Å²) in [6.45, 7) is 1.86. The van der Waals surface area contributed by atoms with Gasteiger partial charge in [-0.05, 0) is 30.7 Å². The third kappa shape index (κ3) is 2.13. The van der Waals surface area contributed by atoms with E-state index >= 15 is 0 Å². The molecule has 0 spiro atoms. The molecule has 20 heavy (non-hydrogen) atoms. The second-order valence-corrected chi connectivity index (χ2v) is 5.18. The third-order valence-electron chi connectivity index (χ3n) is 3.10. The van der Waals surface area contributed by atoms with Crippen molar-refractivity contribution in [3.63, 3.8) is 0 Å². The molecule has 0 atom stereocenters. The van der Waals surface area contributed by atoms with Gasteiger partial charge < -0.3 is 0 Å². The van der Waals surface area contributed by atoms with Gasteiger partial charge in [0.15, 0.2) is 0 Å². The van der Waals surface area contributed by atoms with Crippen molar-refractivity contribution in [1.82, 2.24) is 9.97 Å². The summed E-state index contributed by atoms with van der Waals surface area (Å²) in [4.78, 5) is 8.72. The van der Waals surface area contributed by atoms with Crippen LogP contribution in [0.2, 0.25) is 10.0 Å². The molecule has 0 amide bonds. The lowest BCUT2D eigenvalue weighted by atomic mass is 10.1. The Labute approximate surface area is 125 Å². The largest absolute Gasteiger partial charge is 0.255 e. The quantitative estimate of drug-likeness (QED) is 0.628. The lowest BCUT2D eigenvalue weighted by Crippen LogP contribution is -1.95. The second kappa shape index (κ2) is 5.00. The highest BCUT2D eigenvalue weighted by atomic mass is 35.5. The number of pyridine rings is 2. The molecule has 0 fully saturated rings. The molecule has 0 N–H and O–H groups in total. The molecule has 3 rings (SSSR count). The van der Waals surface area contributed by atoms with E-state index in [9.17, 15) is 4.39 Å². The molecule has 0 saturated heterocycles. The first kappa shape index (κ1) is 13.3. The van der Waals surface area contributed by atoms with Crippen LogP contribution in [0.15, 0.2) is 36.5 Å². The van der Waals surface area contributed by atoms with Gasteiger partial charge in [0.2, 0.25) is 0 Å². The summed E-state index contributed by atoms with van der Waals surface area (Å²) in [6.07, 6.45) is 1.68. The van der Waals surface area contributed by atoms with Gasteiger partial charge in [-0.25, -0.2) is 9.37 Å². The van der Waals surface area contributed by atoms with Gasteiger partial charge in [-0.15, -0.1) is 0 Å². The number of aromatic nitrogens is 2. The van der Waals surface area contributed by atoms with Crippen LogP contribution in [0.5, 0.6) is 0 Å². The van der Waals surface area contributed by atoms with Crippen molar-refractivity contribution in [2.24, 2.45) is 0 Å². The minimum Gasteiger partial charge on any atom is -0.255 e. The minimum atomic E-state index is -0.515. The number of rotatable bonds is 1. The van der Waals surface area contributed by atoms with Crippen LogP contribution < -0.4 is 0 Å². The first-order chi connectivity index (χ1) is 9.58. The van der Waals surface area contributed by atoms with Crippen LogP contribution in [-0.2, 0) is 0 Å². The zero-order chi connectivity index (χ0) is 14.3. The van der Waals surface area contributed by atoms with Crippen LogP contribution in [0.3, 0.4) is 0 Å². The molecular weight excluding hydrogens is 298 g/mol. The summed E-state index contributed by atoms with van der Waals surface area (Å²) < 4.78 is 13.6. The van der Waals surface area contributed by atoms with E-state index in [-0.39, 0.29) is 5.02 Å². The molecule has 2 nitrogen and oxygen atoms in total. The van der Waals surface area contributed by atoms with E-state index in [2.05, 4.69) is 9.97 Å². The Kier molecular flexibility index (Phi) is 3.32. The Morgan fingerprint density at radius 2 is 1.95 bits per heavy atom. The Morgan fingerprint density at radius 1 is 1.15 bits per heavy atom. The number of nitrogens with zero attached hydrogens (tertiary/aromatic N) is 2. The average Bonchev–Trinajstić information content (AvgIpc) is 2.46. The maximum Gasteiger partial charge on any atom is 0.143 e. The van der Waals surface area contributed by atoms with Gasteiger partial charge in [-0.2, -0.15) is 0 Å². The SMILES string of the molecule is Cc1c(-c2ccccn2)nc2cc(F)c(Cl)cc2c1Cl. The Bertz CT molecular complexity index is 804. The highest BCUT2D eigenvalue weighted by Gasteiger charge is 2.14. The van der Waals surface area contributed by atoms with E-state index in [1.54, 1.807) is 6.20 Å². The van der Waals surface area contributed by atoms with Crippen molar-refractivity contribution in [1.29, 1.82) is 0 Å². The third-order valence-corrected chi connectivity index (χ3v) is 3.88. The number of fused-ring (bicyclic) bond motifs is 1. The molecule has 0 aliphatic rings. The molecule has 2 aromatic heterocycles. The molecule has 1 aromatic carbocycles. The fraction of sp³-hybridized carbons (Fsp3) is 0.0667. The van der Waals surface area contributed by atoms with Gasteiger partial charge in [-0.3, -0.25) is 4.98 Å². The molecule has 0 unspecified atom stereocenters. The monoisotopic (exact) mass is 306 g/mol. The maximum absolute atomic E-state index is 13.6. The Hall–Kier alpha value is -1.71. The molecule has 5 heteroatoms. The highest BCUT2D eigenvalue weighted by molar-refractivity contribution is 6.37. The average molecular weight is 307 g/mol. The number of benzene rings is 1. The van der Waals surface area contributed by atoms with E-state index in [0.717, 1.165) is 5.56 Å². The normalized spacial score (nSPS) is 11.0. The van der Waals surface area contributed by atoms with Gasteiger partial charge in [-0.1, -0.05) is 29.3 Å². The fourth-order valence-corrected chi connectivity index (χ4v) is 2.47. The van der Waals surface area contributed by atoms with Crippen molar-refractivity contribution in [2.75, 3.05) is 0 Å². The van der Waals surface area contributed by atoms with Crippen LogP contribution in [0, 0.1) is 12.7 Å². The first-order valence-electron chi connectivity index (χ1n) is 5.94. The molecule has 3 aromatic rings. The van der Waals surface area contributed by atoms with Crippen molar-refractivity contribution < 1.29 is 4.39 Å². The highest BCUT2D eigenvalue weighted by Crippen LogP contribution is 2.34. The fourth-order valence-electron chi connectivity index (χ4n) is 2.07. The van der Waals surface area contributed by atoms with E-state index < -0.39 is 5.82 Å². The van der Waals surface area contributed by atoms with Gasteiger partial charge in [0.1, 0.15) is 5.82 Å². The summed E-state index contributed by atoms with van der Waals surface area (Å²) in [7, 11) is 0. The number of hydrogen-bond acceptors (Lipinski definition) is 2. The predicted molar refractivity (Wildman–Crippen MR) is 79.7 cm³/mol. The summed E-state index contributed by atoms with van der Waals surface area (Å²) >= 11 is 12.2. The van der Waals surface area contributed by atoms with Gasteiger partial charge in [0.25, 0.3) is 0 Å². The molecule has 0 aliphatic heterocycles.